The molecule has 1 saturated heterocycles. The number of aryl methyl sites for hydroxylation is 1. The first-order valence-corrected chi connectivity index (χ1v) is 5.64. The molecule has 0 saturated carbocycles. The molecule has 6 nitrogen and oxygen atoms in total. The second-order valence-electron chi connectivity index (χ2n) is 3.05. The number of ether oxygens (including phenoxy) is 1. The molecule has 1 aromatic heterocycles. The summed E-state index contributed by atoms with van der Waals surface area (Å²) in [5, 5.41) is 0.125. The molecule has 78 valence electrons. The van der Waals surface area contributed by atoms with Gasteiger partial charge in [0.05, 0.1) is 12.8 Å². The third-order valence-electron chi connectivity index (χ3n) is 2.02. The summed E-state index contributed by atoms with van der Waals surface area (Å²) >= 11 is 0. The maximum Gasteiger partial charge on any atom is 0.262 e. The molecule has 0 unspecified atom stereocenters. The molecule has 7 heteroatoms. The van der Waals surface area contributed by atoms with Crippen LogP contribution in [0, 0.1) is 6.92 Å². The van der Waals surface area contributed by atoms with Crippen molar-refractivity contribution in [2.24, 2.45) is 0 Å². The maximum absolute atomic E-state index is 11.8. The summed E-state index contributed by atoms with van der Waals surface area (Å²) in [6, 6.07) is 0. The first-order valence-electron chi connectivity index (χ1n) is 4.20. The Balaban J connectivity index is 2.32. The molecule has 14 heavy (non-hydrogen) atoms. The molecule has 0 atom stereocenters. The van der Waals surface area contributed by atoms with Gasteiger partial charge >= 0.3 is 0 Å². The Bertz CT molecular complexity index is 419. The first kappa shape index (κ1) is 9.63. The molecule has 1 N–H and O–H groups in total. The van der Waals surface area contributed by atoms with Gasteiger partial charge in [-0.1, -0.05) is 0 Å². The van der Waals surface area contributed by atoms with Gasteiger partial charge in [-0.15, -0.1) is 0 Å². The molecule has 1 aliphatic heterocycles. The molecule has 0 amide bonds. The minimum Gasteiger partial charge on any atom is -0.364 e. The Labute approximate surface area is 81.9 Å². The van der Waals surface area contributed by atoms with Gasteiger partial charge in [0.15, 0.2) is 5.03 Å². The van der Waals surface area contributed by atoms with Crippen LogP contribution in [0.3, 0.4) is 0 Å². The Hall–Kier alpha value is -0.920. The number of rotatable bonds is 2. The van der Waals surface area contributed by atoms with Crippen molar-refractivity contribution in [2.45, 2.75) is 11.9 Å². The number of aromatic amines is 1. The normalized spacial score (nSPS) is 18.9. The van der Waals surface area contributed by atoms with E-state index in [1.807, 2.05) is 0 Å². The average Bonchev–Trinajstić information content (AvgIpc) is 2.72. The quantitative estimate of drug-likeness (QED) is 0.737. The fraction of sp³-hybridized carbons (Fsp3) is 0.571. The highest BCUT2D eigenvalue weighted by atomic mass is 32.2. The number of H-pyrrole nitrogens is 1. The molecule has 1 aromatic rings. The predicted octanol–water partition coefficient (Wildman–Crippen LogP) is -0.303. The van der Waals surface area contributed by atoms with Crippen LogP contribution in [-0.4, -0.2) is 42.6 Å². The summed E-state index contributed by atoms with van der Waals surface area (Å²) in [5.74, 6) is 0.587. The van der Waals surface area contributed by atoms with E-state index in [9.17, 15) is 8.42 Å². The summed E-state index contributed by atoms with van der Waals surface area (Å²) < 4.78 is 29.9. The van der Waals surface area contributed by atoms with E-state index in [1.165, 1.54) is 10.5 Å². The number of hydrogen-bond donors (Lipinski definition) is 1. The zero-order valence-electron chi connectivity index (χ0n) is 7.73. The van der Waals surface area contributed by atoms with Crippen LogP contribution in [0.15, 0.2) is 11.2 Å². The maximum atomic E-state index is 11.8. The van der Waals surface area contributed by atoms with Crippen LogP contribution in [-0.2, 0) is 14.8 Å². The number of nitrogens with one attached hydrogen (secondary N) is 1. The predicted molar refractivity (Wildman–Crippen MR) is 48.0 cm³/mol. The molecule has 0 spiro atoms. The van der Waals surface area contributed by atoms with Gasteiger partial charge in [-0.25, -0.2) is 13.4 Å². The lowest BCUT2D eigenvalue weighted by molar-refractivity contribution is 0.172. The highest BCUT2D eigenvalue weighted by Crippen LogP contribution is 2.15. The Morgan fingerprint density at radius 2 is 2.43 bits per heavy atom. The van der Waals surface area contributed by atoms with Crippen molar-refractivity contribution in [3.8, 4) is 0 Å². The van der Waals surface area contributed by atoms with E-state index in [1.54, 1.807) is 6.92 Å². The van der Waals surface area contributed by atoms with E-state index in [0.717, 1.165) is 0 Å². The van der Waals surface area contributed by atoms with Crippen molar-refractivity contribution in [1.29, 1.82) is 0 Å². The topological polar surface area (TPSA) is 75.3 Å². The lowest BCUT2D eigenvalue weighted by Gasteiger charge is -2.11. The van der Waals surface area contributed by atoms with Gasteiger partial charge in [0.2, 0.25) is 0 Å². The van der Waals surface area contributed by atoms with Crippen LogP contribution in [0.4, 0.5) is 0 Å². The van der Waals surface area contributed by atoms with Gasteiger partial charge in [-0.2, -0.15) is 4.31 Å². The van der Waals surface area contributed by atoms with Crippen LogP contribution < -0.4 is 0 Å². The Morgan fingerprint density at radius 3 is 2.93 bits per heavy atom. The van der Waals surface area contributed by atoms with Crippen molar-refractivity contribution in [2.75, 3.05) is 19.9 Å². The molecule has 1 aliphatic rings. The van der Waals surface area contributed by atoms with Gasteiger partial charge in [-0.3, -0.25) is 0 Å². The highest BCUT2D eigenvalue weighted by Gasteiger charge is 2.29. The summed E-state index contributed by atoms with van der Waals surface area (Å²) in [4.78, 5) is 6.55. The minimum absolute atomic E-state index is 0.125. The van der Waals surface area contributed by atoms with Crippen molar-refractivity contribution >= 4 is 10.0 Å². The minimum atomic E-state index is -3.43. The molecule has 2 rings (SSSR count). The van der Waals surface area contributed by atoms with Crippen LogP contribution in [0.2, 0.25) is 0 Å². The van der Waals surface area contributed by atoms with Crippen LogP contribution in [0.1, 0.15) is 5.82 Å². The molecular formula is C7H11N3O3S. The number of nitrogens with zero attached hydrogens (tertiary/aromatic N) is 2. The van der Waals surface area contributed by atoms with E-state index < -0.39 is 10.0 Å². The monoisotopic (exact) mass is 217 g/mol. The first-order chi connectivity index (χ1) is 6.60. The largest absolute Gasteiger partial charge is 0.364 e. The van der Waals surface area contributed by atoms with E-state index in [4.69, 9.17) is 4.74 Å². The van der Waals surface area contributed by atoms with Gasteiger partial charge in [-0.05, 0) is 6.92 Å². The number of hydrogen-bond acceptors (Lipinski definition) is 4. The lowest BCUT2D eigenvalue weighted by atomic mass is 10.7. The fourth-order valence-electron chi connectivity index (χ4n) is 1.26. The SMILES string of the molecule is Cc1ncc(S(=O)(=O)N2CCOC2)[nH]1. The van der Waals surface area contributed by atoms with Crippen molar-refractivity contribution in [3.05, 3.63) is 12.0 Å². The van der Waals surface area contributed by atoms with E-state index >= 15 is 0 Å². The number of imidazole rings is 1. The Kier molecular flexibility index (Phi) is 2.30. The Morgan fingerprint density at radius 1 is 1.64 bits per heavy atom. The zero-order chi connectivity index (χ0) is 10.2. The molecule has 0 radical (unpaired) electrons. The van der Waals surface area contributed by atoms with Gasteiger partial charge in [0.1, 0.15) is 12.6 Å². The second-order valence-corrected chi connectivity index (χ2v) is 4.96. The second kappa shape index (κ2) is 3.34. The standard InChI is InChI=1S/C7H11N3O3S/c1-6-8-4-7(9-6)14(11,12)10-2-3-13-5-10/h4H,2-3,5H2,1H3,(H,8,9). The zero-order valence-corrected chi connectivity index (χ0v) is 8.54. The molecule has 1 fully saturated rings. The fourth-order valence-corrected chi connectivity index (χ4v) is 2.52. The smallest absolute Gasteiger partial charge is 0.262 e. The highest BCUT2D eigenvalue weighted by molar-refractivity contribution is 7.89. The van der Waals surface area contributed by atoms with Crippen LogP contribution in [0.25, 0.3) is 0 Å². The molecule has 0 bridgehead atoms. The summed E-state index contributed by atoms with van der Waals surface area (Å²) in [6.07, 6.45) is 1.32. The lowest BCUT2D eigenvalue weighted by Crippen LogP contribution is -2.28. The van der Waals surface area contributed by atoms with Gasteiger partial charge in [0, 0.05) is 6.54 Å². The number of sulfonamides is 1. The van der Waals surface area contributed by atoms with E-state index in [-0.39, 0.29) is 11.8 Å². The van der Waals surface area contributed by atoms with E-state index in [2.05, 4.69) is 9.97 Å². The van der Waals surface area contributed by atoms with Gasteiger partial charge < -0.3 is 9.72 Å². The average molecular weight is 217 g/mol. The van der Waals surface area contributed by atoms with Crippen LogP contribution in [0.5, 0.6) is 0 Å². The van der Waals surface area contributed by atoms with Crippen molar-refractivity contribution in [1.82, 2.24) is 14.3 Å². The number of aromatic nitrogens is 2. The third kappa shape index (κ3) is 1.54. The molecule has 0 aliphatic carbocycles. The molecule has 2 heterocycles. The molecular weight excluding hydrogens is 206 g/mol. The summed E-state index contributed by atoms with van der Waals surface area (Å²) in [5.41, 5.74) is 0. The third-order valence-corrected chi connectivity index (χ3v) is 3.75. The van der Waals surface area contributed by atoms with E-state index in [0.29, 0.717) is 19.0 Å². The van der Waals surface area contributed by atoms with Crippen molar-refractivity contribution < 1.29 is 13.2 Å². The molecule has 0 aromatic carbocycles. The summed E-state index contributed by atoms with van der Waals surface area (Å²) in [6.45, 7) is 2.69. The van der Waals surface area contributed by atoms with Crippen LogP contribution >= 0.6 is 0 Å². The van der Waals surface area contributed by atoms with Crippen molar-refractivity contribution in [3.63, 3.8) is 0 Å². The van der Waals surface area contributed by atoms with Gasteiger partial charge in [0.25, 0.3) is 10.0 Å². The summed E-state index contributed by atoms with van der Waals surface area (Å²) in [7, 11) is -3.43.